The highest BCUT2D eigenvalue weighted by atomic mass is 19.4. The lowest BCUT2D eigenvalue weighted by Crippen LogP contribution is -2.08. The van der Waals surface area contributed by atoms with Crippen molar-refractivity contribution in [3.63, 3.8) is 0 Å². The predicted molar refractivity (Wildman–Crippen MR) is 110 cm³/mol. The Balaban J connectivity index is 1.76. The molecule has 1 aromatic carbocycles. The molecule has 0 spiro atoms. The lowest BCUT2D eigenvalue weighted by Gasteiger charge is -2.10. The van der Waals surface area contributed by atoms with Gasteiger partial charge in [0.15, 0.2) is 5.82 Å². The van der Waals surface area contributed by atoms with E-state index in [0.29, 0.717) is 29.0 Å². The van der Waals surface area contributed by atoms with Gasteiger partial charge in [-0.1, -0.05) is 19.1 Å². The molecule has 2 N–H and O–H groups in total. The number of imidazole rings is 1. The summed E-state index contributed by atoms with van der Waals surface area (Å²) in [4.78, 5) is 24.2. The molecule has 0 aliphatic carbocycles. The van der Waals surface area contributed by atoms with Gasteiger partial charge in [0.25, 0.3) is 0 Å². The number of aromatic carboxylic acids is 1. The molecule has 0 radical (unpaired) electrons. The number of benzene rings is 1. The van der Waals surface area contributed by atoms with Crippen LogP contribution >= 0.6 is 0 Å². The Hall–Kier alpha value is -4.02. The Bertz CT molecular complexity index is 1330. The van der Waals surface area contributed by atoms with Crippen molar-refractivity contribution in [2.45, 2.75) is 26.4 Å². The first kappa shape index (κ1) is 21.2. The number of aromatic nitrogens is 5. The van der Waals surface area contributed by atoms with Crippen molar-refractivity contribution >= 4 is 23.1 Å². The fourth-order valence-corrected chi connectivity index (χ4v) is 3.26. The highest BCUT2D eigenvalue weighted by molar-refractivity contribution is 5.90. The van der Waals surface area contributed by atoms with Crippen LogP contribution in [0, 0.1) is 6.92 Å². The number of halogens is 3. The van der Waals surface area contributed by atoms with Crippen LogP contribution in [0.3, 0.4) is 0 Å². The van der Waals surface area contributed by atoms with E-state index >= 15 is 0 Å². The molecular formula is C21H17F3N6O2. The maximum atomic E-state index is 13.1. The molecule has 0 aliphatic rings. The average molecular weight is 442 g/mol. The number of carboxylic acids is 1. The zero-order valence-electron chi connectivity index (χ0n) is 17.0. The number of pyridine rings is 1. The summed E-state index contributed by atoms with van der Waals surface area (Å²) in [6, 6.07) is 6.25. The summed E-state index contributed by atoms with van der Waals surface area (Å²) in [6.45, 7) is 3.50. The number of anilines is 2. The van der Waals surface area contributed by atoms with Crippen molar-refractivity contribution in [3.05, 3.63) is 65.2 Å². The van der Waals surface area contributed by atoms with Crippen LogP contribution in [-0.2, 0) is 12.6 Å². The molecule has 32 heavy (non-hydrogen) atoms. The largest absolute Gasteiger partial charge is 0.478 e. The molecule has 4 rings (SSSR count). The number of nitrogens with one attached hydrogen (secondary N) is 1. The molecule has 0 unspecified atom stereocenters. The molecule has 0 bridgehead atoms. The molecular weight excluding hydrogens is 425 g/mol. The summed E-state index contributed by atoms with van der Waals surface area (Å²) in [5.74, 6) is -0.781. The Morgan fingerprint density at radius 2 is 1.97 bits per heavy atom. The van der Waals surface area contributed by atoms with E-state index in [1.54, 1.807) is 13.8 Å². The minimum Gasteiger partial charge on any atom is -0.478 e. The normalized spacial score (nSPS) is 11.7. The maximum absolute atomic E-state index is 13.1. The van der Waals surface area contributed by atoms with Gasteiger partial charge in [-0.2, -0.15) is 13.2 Å². The average Bonchev–Trinajstić information content (AvgIpc) is 3.09. The summed E-state index contributed by atoms with van der Waals surface area (Å²) >= 11 is 0. The molecule has 0 fully saturated rings. The van der Waals surface area contributed by atoms with Gasteiger partial charge in [-0.25, -0.2) is 19.3 Å². The van der Waals surface area contributed by atoms with Crippen LogP contribution in [0.1, 0.15) is 34.2 Å². The third-order valence-electron chi connectivity index (χ3n) is 4.82. The second-order valence-corrected chi connectivity index (χ2v) is 6.98. The summed E-state index contributed by atoms with van der Waals surface area (Å²) in [7, 11) is 0. The Kier molecular flexibility index (Phi) is 5.25. The zero-order chi connectivity index (χ0) is 23.0. The molecule has 0 aliphatic heterocycles. The van der Waals surface area contributed by atoms with Crippen molar-refractivity contribution in [1.29, 1.82) is 0 Å². The number of aryl methyl sites for hydroxylation is 2. The van der Waals surface area contributed by atoms with E-state index in [-0.39, 0.29) is 22.9 Å². The lowest BCUT2D eigenvalue weighted by molar-refractivity contribution is -0.137. The van der Waals surface area contributed by atoms with Crippen LogP contribution < -0.4 is 5.32 Å². The third-order valence-corrected chi connectivity index (χ3v) is 4.82. The molecule has 11 heteroatoms. The first-order chi connectivity index (χ1) is 15.2. The number of nitrogens with zero attached hydrogens (tertiary/aromatic N) is 5. The number of carbonyl (C=O) groups is 1. The van der Waals surface area contributed by atoms with Crippen molar-refractivity contribution in [3.8, 4) is 11.4 Å². The predicted octanol–water partition coefficient (Wildman–Crippen LogP) is 4.52. The van der Waals surface area contributed by atoms with Gasteiger partial charge in [0.05, 0.1) is 40.6 Å². The molecule has 4 aromatic rings. The van der Waals surface area contributed by atoms with Gasteiger partial charge < -0.3 is 10.4 Å². The van der Waals surface area contributed by atoms with Crippen LogP contribution in [-0.4, -0.2) is 35.6 Å². The van der Waals surface area contributed by atoms with Crippen LogP contribution in [0.2, 0.25) is 0 Å². The lowest BCUT2D eigenvalue weighted by atomic mass is 10.1. The van der Waals surface area contributed by atoms with Crippen molar-refractivity contribution in [1.82, 2.24) is 24.6 Å². The topological polar surface area (TPSA) is 105 Å². The van der Waals surface area contributed by atoms with E-state index in [9.17, 15) is 23.1 Å². The molecule has 0 saturated carbocycles. The van der Waals surface area contributed by atoms with Gasteiger partial charge in [-0.05, 0) is 31.5 Å². The first-order valence-corrected chi connectivity index (χ1v) is 9.56. The number of alkyl halides is 3. The van der Waals surface area contributed by atoms with E-state index in [0.717, 1.165) is 12.1 Å². The fourth-order valence-electron chi connectivity index (χ4n) is 3.26. The molecule has 3 aromatic heterocycles. The fraction of sp³-hybridized carbons (Fsp3) is 0.190. The van der Waals surface area contributed by atoms with E-state index in [4.69, 9.17) is 0 Å². The van der Waals surface area contributed by atoms with Crippen molar-refractivity contribution in [2.75, 3.05) is 5.32 Å². The van der Waals surface area contributed by atoms with Gasteiger partial charge in [-0.15, -0.1) is 5.10 Å². The highest BCUT2D eigenvalue weighted by Gasteiger charge is 2.31. The smallest absolute Gasteiger partial charge is 0.416 e. The minimum absolute atomic E-state index is 0.0571. The molecule has 164 valence electrons. The number of hydrogen-bond acceptors (Lipinski definition) is 6. The minimum atomic E-state index is -4.49. The molecule has 8 nitrogen and oxygen atoms in total. The van der Waals surface area contributed by atoms with E-state index < -0.39 is 17.7 Å². The second kappa shape index (κ2) is 7.91. The van der Waals surface area contributed by atoms with Gasteiger partial charge in [0, 0.05) is 5.56 Å². The zero-order valence-corrected chi connectivity index (χ0v) is 17.0. The summed E-state index contributed by atoms with van der Waals surface area (Å²) in [5.41, 5.74) is 1.38. The van der Waals surface area contributed by atoms with Crippen molar-refractivity contribution < 1.29 is 23.1 Å². The third kappa shape index (κ3) is 3.96. The van der Waals surface area contributed by atoms with Crippen LogP contribution in [0.4, 0.5) is 24.8 Å². The second-order valence-electron chi connectivity index (χ2n) is 6.98. The van der Waals surface area contributed by atoms with Gasteiger partial charge in [0.1, 0.15) is 5.52 Å². The molecule has 0 atom stereocenters. The van der Waals surface area contributed by atoms with E-state index in [1.807, 2.05) is 0 Å². The summed E-state index contributed by atoms with van der Waals surface area (Å²) in [6.07, 6.45) is -1.08. The standard InChI is InChI=1S/C21H17F3N6O2/c1-3-16-15(19(31)32)8-14(9-25-16)28-20-26-10-17-11(2)27-18(30(17)29-20)12-5-4-6-13(7-12)21(22,23)24/h4-10H,3H2,1-2H3,(H,28,29)(H,31,32). The van der Waals surface area contributed by atoms with Gasteiger partial charge in [0.2, 0.25) is 5.95 Å². The molecule has 0 saturated heterocycles. The van der Waals surface area contributed by atoms with Crippen LogP contribution in [0.5, 0.6) is 0 Å². The number of hydrogen-bond donors (Lipinski definition) is 2. The highest BCUT2D eigenvalue weighted by Crippen LogP contribution is 2.32. The van der Waals surface area contributed by atoms with Crippen LogP contribution in [0.15, 0.2) is 42.7 Å². The maximum Gasteiger partial charge on any atom is 0.416 e. The monoisotopic (exact) mass is 442 g/mol. The van der Waals surface area contributed by atoms with Gasteiger partial charge >= 0.3 is 12.1 Å². The Morgan fingerprint density at radius 1 is 1.19 bits per heavy atom. The quantitative estimate of drug-likeness (QED) is 0.468. The van der Waals surface area contributed by atoms with Gasteiger partial charge in [-0.3, -0.25) is 4.98 Å². The molecule has 3 heterocycles. The van der Waals surface area contributed by atoms with Crippen LogP contribution in [0.25, 0.3) is 16.9 Å². The summed E-state index contributed by atoms with van der Waals surface area (Å²) < 4.78 is 40.8. The first-order valence-electron chi connectivity index (χ1n) is 9.56. The number of rotatable bonds is 5. The van der Waals surface area contributed by atoms with Crippen molar-refractivity contribution in [2.24, 2.45) is 0 Å². The Labute approximate surface area is 179 Å². The number of fused-ring (bicyclic) bond motifs is 1. The SMILES string of the molecule is CCc1ncc(Nc2ncc3c(C)nc(-c4cccc(C(F)(F)F)c4)n3n2)cc1C(=O)O. The Morgan fingerprint density at radius 3 is 2.66 bits per heavy atom. The van der Waals surface area contributed by atoms with E-state index in [1.165, 1.54) is 35.1 Å². The summed E-state index contributed by atoms with van der Waals surface area (Å²) in [5, 5.41) is 16.6. The molecule has 0 amide bonds. The van der Waals surface area contributed by atoms with E-state index in [2.05, 4.69) is 25.4 Å². The number of carboxylic acid groups (broad SMARTS) is 1.